The molecule has 0 spiro atoms. The van der Waals surface area contributed by atoms with Crippen LogP contribution in [-0.4, -0.2) is 17.1 Å². The van der Waals surface area contributed by atoms with Gasteiger partial charge in [-0.2, -0.15) is 0 Å². The number of nitrogens with one attached hydrogen (secondary N) is 3. The molecular formula is C22H18FN5O3. The summed E-state index contributed by atoms with van der Waals surface area (Å²) >= 11 is 0. The maximum Gasteiger partial charge on any atom is 0.319 e. The maximum absolute atomic E-state index is 14.2. The molecule has 0 aliphatic rings. The molecule has 0 atom stereocenters. The summed E-state index contributed by atoms with van der Waals surface area (Å²) in [7, 11) is 0. The Balaban J connectivity index is 1.45. The van der Waals surface area contributed by atoms with Gasteiger partial charge in [-0.15, -0.1) is 0 Å². The molecule has 0 fully saturated rings. The molecule has 0 bridgehead atoms. The van der Waals surface area contributed by atoms with Crippen molar-refractivity contribution in [3.63, 3.8) is 0 Å². The van der Waals surface area contributed by atoms with Crippen LogP contribution in [0.25, 0.3) is 11.0 Å². The number of nitrogens with zero attached hydrogens (tertiary/aromatic N) is 1. The minimum atomic E-state index is -0.511. The summed E-state index contributed by atoms with van der Waals surface area (Å²) in [6.07, 6.45) is 0. The van der Waals surface area contributed by atoms with Gasteiger partial charge in [0.05, 0.1) is 10.9 Å². The molecule has 0 aliphatic heterocycles. The van der Waals surface area contributed by atoms with Crippen LogP contribution in [0.1, 0.15) is 15.9 Å². The van der Waals surface area contributed by atoms with Gasteiger partial charge in [0.15, 0.2) is 11.4 Å². The van der Waals surface area contributed by atoms with Gasteiger partial charge < -0.3 is 26.2 Å². The number of hydrogen-bond donors (Lipinski definition) is 4. The molecule has 0 aliphatic carbocycles. The quantitative estimate of drug-likeness (QED) is 0.388. The predicted molar refractivity (Wildman–Crippen MR) is 115 cm³/mol. The van der Waals surface area contributed by atoms with E-state index >= 15 is 0 Å². The molecule has 8 nitrogen and oxygen atoms in total. The summed E-state index contributed by atoms with van der Waals surface area (Å²) < 4.78 is 19.3. The van der Waals surface area contributed by atoms with Crippen LogP contribution in [-0.2, 0) is 6.54 Å². The Morgan fingerprint density at radius 2 is 1.77 bits per heavy atom. The Labute approximate surface area is 176 Å². The highest BCUT2D eigenvalue weighted by atomic mass is 19.1. The molecule has 3 aromatic carbocycles. The number of halogens is 1. The molecule has 5 N–H and O–H groups in total. The van der Waals surface area contributed by atoms with Crippen LogP contribution in [0.5, 0.6) is 0 Å². The lowest BCUT2D eigenvalue weighted by Gasteiger charge is -2.11. The molecule has 3 amide bonds. The zero-order valence-electron chi connectivity index (χ0n) is 16.2. The Hall–Kier alpha value is -4.40. The van der Waals surface area contributed by atoms with Gasteiger partial charge in [0, 0.05) is 23.5 Å². The number of para-hydroxylation sites is 1. The third-order valence-electron chi connectivity index (χ3n) is 4.54. The number of nitrogen functional groups attached to an aromatic ring is 1. The fraction of sp³-hybridized carbons (Fsp3) is 0.0455. The zero-order valence-corrected chi connectivity index (χ0v) is 16.2. The second kappa shape index (κ2) is 8.54. The van der Waals surface area contributed by atoms with E-state index in [1.54, 1.807) is 42.5 Å². The molecule has 9 heteroatoms. The van der Waals surface area contributed by atoms with E-state index in [4.69, 9.17) is 10.3 Å². The molecule has 31 heavy (non-hydrogen) atoms. The van der Waals surface area contributed by atoms with Crippen LogP contribution < -0.4 is 21.7 Å². The summed E-state index contributed by atoms with van der Waals surface area (Å²) in [6.45, 7) is -0.0671. The van der Waals surface area contributed by atoms with Gasteiger partial charge in [0.2, 0.25) is 0 Å². The van der Waals surface area contributed by atoms with Gasteiger partial charge in [-0.05, 0) is 42.5 Å². The summed E-state index contributed by atoms with van der Waals surface area (Å²) in [4.78, 5) is 24.8. The standard InChI is InChI=1S/C22H18FN5O3/c23-17-10-9-15(11-13(17)12-25-22(30)27-14-5-2-1-3-6-14)26-21(29)16-7-4-8-18-19(16)20(24)28-31-18/h1-11H,12H2,(H2,24,28)(H,26,29)(H2,25,27,30). The van der Waals surface area contributed by atoms with Crippen molar-refractivity contribution in [1.29, 1.82) is 0 Å². The van der Waals surface area contributed by atoms with Crippen LogP contribution in [0.2, 0.25) is 0 Å². The molecule has 1 aromatic heterocycles. The normalized spacial score (nSPS) is 10.6. The molecule has 0 unspecified atom stereocenters. The van der Waals surface area contributed by atoms with Gasteiger partial charge in [0.1, 0.15) is 5.82 Å². The Morgan fingerprint density at radius 3 is 2.58 bits per heavy atom. The molecule has 1 heterocycles. The second-order valence-corrected chi connectivity index (χ2v) is 6.68. The van der Waals surface area contributed by atoms with E-state index in [9.17, 15) is 14.0 Å². The Kier molecular flexibility index (Phi) is 5.48. The number of rotatable bonds is 5. The van der Waals surface area contributed by atoms with Crippen molar-refractivity contribution in [1.82, 2.24) is 10.5 Å². The van der Waals surface area contributed by atoms with Crippen molar-refractivity contribution in [3.05, 3.63) is 83.7 Å². The first kappa shape index (κ1) is 19.9. The zero-order chi connectivity index (χ0) is 21.8. The Bertz CT molecular complexity index is 1260. The SMILES string of the molecule is Nc1noc2cccc(C(=O)Nc3ccc(F)c(CNC(=O)Nc4ccccc4)c3)c12. The molecular weight excluding hydrogens is 401 g/mol. The lowest BCUT2D eigenvalue weighted by molar-refractivity contribution is 0.102. The smallest absolute Gasteiger partial charge is 0.319 e. The van der Waals surface area contributed by atoms with Crippen molar-refractivity contribution in [3.8, 4) is 0 Å². The first-order valence-corrected chi connectivity index (χ1v) is 9.35. The van der Waals surface area contributed by atoms with E-state index in [1.807, 2.05) is 6.07 Å². The average Bonchev–Trinajstić information content (AvgIpc) is 3.16. The highest BCUT2D eigenvalue weighted by molar-refractivity contribution is 6.14. The van der Waals surface area contributed by atoms with Gasteiger partial charge in [-0.25, -0.2) is 9.18 Å². The fourth-order valence-electron chi connectivity index (χ4n) is 3.06. The van der Waals surface area contributed by atoms with Crippen LogP contribution in [0.3, 0.4) is 0 Å². The first-order valence-electron chi connectivity index (χ1n) is 9.35. The first-order chi connectivity index (χ1) is 15.0. The number of nitrogens with two attached hydrogens (primary N) is 1. The second-order valence-electron chi connectivity index (χ2n) is 6.68. The molecule has 0 saturated carbocycles. The van der Waals surface area contributed by atoms with Crippen LogP contribution in [0.15, 0.2) is 71.3 Å². The van der Waals surface area contributed by atoms with Crippen LogP contribution >= 0.6 is 0 Å². The van der Waals surface area contributed by atoms with Gasteiger partial charge in [-0.3, -0.25) is 4.79 Å². The lowest BCUT2D eigenvalue weighted by Crippen LogP contribution is -2.28. The number of carbonyl (C=O) groups excluding carboxylic acids is 2. The number of aromatic nitrogens is 1. The van der Waals surface area contributed by atoms with E-state index in [0.717, 1.165) is 0 Å². The fourth-order valence-corrected chi connectivity index (χ4v) is 3.06. The molecule has 0 saturated heterocycles. The minimum absolute atomic E-state index is 0.0671. The van der Waals surface area contributed by atoms with Crippen molar-refractivity contribution >= 4 is 40.1 Å². The Morgan fingerprint density at radius 1 is 0.968 bits per heavy atom. The number of carbonyl (C=O) groups is 2. The number of amides is 3. The number of fused-ring (bicyclic) bond motifs is 1. The summed E-state index contributed by atoms with van der Waals surface area (Å²) in [5.41, 5.74) is 7.65. The van der Waals surface area contributed by atoms with Crippen LogP contribution in [0, 0.1) is 5.82 Å². The highest BCUT2D eigenvalue weighted by Gasteiger charge is 2.16. The molecule has 0 radical (unpaired) electrons. The summed E-state index contributed by atoms with van der Waals surface area (Å²) in [6, 6.07) is 17.4. The van der Waals surface area contributed by atoms with E-state index in [0.29, 0.717) is 22.3 Å². The minimum Gasteiger partial charge on any atom is -0.380 e. The van der Waals surface area contributed by atoms with E-state index in [2.05, 4.69) is 21.1 Å². The molecule has 4 aromatic rings. The van der Waals surface area contributed by atoms with E-state index in [1.165, 1.54) is 18.2 Å². The average molecular weight is 419 g/mol. The topological polar surface area (TPSA) is 122 Å². The van der Waals surface area contributed by atoms with E-state index in [-0.39, 0.29) is 23.5 Å². The number of anilines is 3. The summed E-state index contributed by atoms with van der Waals surface area (Å²) in [5, 5.41) is 12.0. The van der Waals surface area contributed by atoms with E-state index < -0.39 is 17.8 Å². The maximum atomic E-state index is 14.2. The van der Waals surface area contributed by atoms with Crippen molar-refractivity contribution in [2.75, 3.05) is 16.4 Å². The molecule has 156 valence electrons. The number of hydrogen-bond acceptors (Lipinski definition) is 5. The third-order valence-corrected chi connectivity index (χ3v) is 4.54. The number of benzene rings is 3. The lowest BCUT2D eigenvalue weighted by atomic mass is 10.1. The summed E-state index contributed by atoms with van der Waals surface area (Å²) in [5.74, 6) is -0.856. The monoisotopic (exact) mass is 419 g/mol. The largest absolute Gasteiger partial charge is 0.380 e. The van der Waals surface area contributed by atoms with Gasteiger partial charge in [-0.1, -0.05) is 29.4 Å². The van der Waals surface area contributed by atoms with Gasteiger partial charge in [0.25, 0.3) is 5.91 Å². The van der Waals surface area contributed by atoms with Crippen molar-refractivity contribution in [2.45, 2.75) is 6.54 Å². The predicted octanol–water partition coefficient (Wildman–Crippen LogP) is 4.12. The highest BCUT2D eigenvalue weighted by Crippen LogP contribution is 2.25. The third kappa shape index (κ3) is 4.45. The van der Waals surface area contributed by atoms with Gasteiger partial charge >= 0.3 is 6.03 Å². The number of urea groups is 1. The van der Waals surface area contributed by atoms with Crippen LogP contribution in [0.4, 0.5) is 26.4 Å². The molecule has 4 rings (SSSR count). The van der Waals surface area contributed by atoms with Crippen molar-refractivity contribution in [2.24, 2.45) is 0 Å². The van der Waals surface area contributed by atoms with Crippen molar-refractivity contribution < 1.29 is 18.5 Å².